The Labute approximate surface area is 151 Å². The average molecular weight is 380 g/mol. The number of hydrogen-bond acceptors (Lipinski definition) is 6. The van der Waals surface area contributed by atoms with Crippen molar-refractivity contribution in [2.75, 3.05) is 26.3 Å². The molecule has 0 N–H and O–H groups in total. The van der Waals surface area contributed by atoms with Crippen LogP contribution in [0, 0.1) is 0 Å². The van der Waals surface area contributed by atoms with E-state index >= 15 is 0 Å². The number of piperidine rings is 1. The Balaban J connectivity index is 1.59. The van der Waals surface area contributed by atoms with Crippen molar-refractivity contribution in [3.05, 3.63) is 34.8 Å². The van der Waals surface area contributed by atoms with Crippen LogP contribution < -0.4 is 9.47 Å². The van der Waals surface area contributed by atoms with Crippen molar-refractivity contribution in [2.45, 2.75) is 30.1 Å². The third kappa shape index (κ3) is 3.38. The van der Waals surface area contributed by atoms with Crippen molar-refractivity contribution in [3.8, 4) is 11.5 Å². The zero-order valence-electron chi connectivity index (χ0n) is 13.8. The molecule has 3 heterocycles. The van der Waals surface area contributed by atoms with Gasteiger partial charge in [0.1, 0.15) is 0 Å². The molecule has 1 fully saturated rings. The maximum Gasteiger partial charge on any atom is 0.243 e. The summed E-state index contributed by atoms with van der Waals surface area (Å²) in [7, 11) is -3.56. The highest BCUT2D eigenvalue weighted by atomic mass is 32.2. The lowest BCUT2D eigenvalue weighted by molar-refractivity contribution is 0.296. The van der Waals surface area contributed by atoms with E-state index in [1.807, 2.05) is 5.38 Å². The van der Waals surface area contributed by atoms with Crippen molar-refractivity contribution in [1.82, 2.24) is 9.29 Å². The largest absolute Gasteiger partial charge is 0.490 e. The van der Waals surface area contributed by atoms with Gasteiger partial charge in [-0.05, 0) is 25.0 Å². The van der Waals surface area contributed by atoms with Crippen LogP contribution in [0.5, 0.6) is 11.5 Å². The van der Waals surface area contributed by atoms with Gasteiger partial charge in [-0.2, -0.15) is 4.31 Å². The molecule has 0 saturated carbocycles. The van der Waals surface area contributed by atoms with Crippen LogP contribution in [0.2, 0.25) is 0 Å². The van der Waals surface area contributed by atoms with E-state index in [0.717, 1.165) is 24.3 Å². The number of ether oxygens (including phenoxy) is 2. The van der Waals surface area contributed by atoms with Gasteiger partial charge in [-0.25, -0.2) is 13.4 Å². The van der Waals surface area contributed by atoms with Crippen molar-refractivity contribution >= 4 is 21.4 Å². The summed E-state index contributed by atoms with van der Waals surface area (Å²) in [6, 6.07) is 4.88. The Morgan fingerprint density at radius 1 is 1.16 bits per heavy atom. The molecule has 0 spiro atoms. The van der Waals surface area contributed by atoms with Crippen LogP contribution in [0.25, 0.3) is 0 Å². The maximum atomic E-state index is 13.1. The number of fused-ring (bicyclic) bond motifs is 1. The molecule has 1 atom stereocenters. The van der Waals surface area contributed by atoms with Gasteiger partial charge in [-0.15, -0.1) is 11.3 Å². The number of sulfonamides is 1. The molecule has 2 aliphatic rings. The van der Waals surface area contributed by atoms with Gasteiger partial charge in [0.05, 0.1) is 23.1 Å². The fourth-order valence-corrected chi connectivity index (χ4v) is 5.56. The highest BCUT2D eigenvalue weighted by Crippen LogP contribution is 2.35. The van der Waals surface area contributed by atoms with Crippen molar-refractivity contribution in [1.29, 1.82) is 0 Å². The van der Waals surface area contributed by atoms with E-state index in [2.05, 4.69) is 4.98 Å². The van der Waals surface area contributed by atoms with Gasteiger partial charge in [0.2, 0.25) is 10.0 Å². The minimum atomic E-state index is -3.56. The minimum Gasteiger partial charge on any atom is -0.490 e. The van der Waals surface area contributed by atoms with Gasteiger partial charge < -0.3 is 9.47 Å². The molecule has 1 unspecified atom stereocenters. The Bertz CT molecular complexity index is 836. The number of nitrogens with zero attached hydrogens (tertiary/aromatic N) is 2. The second-order valence-electron chi connectivity index (χ2n) is 6.23. The van der Waals surface area contributed by atoms with E-state index in [0.29, 0.717) is 37.8 Å². The minimum absolute atomic E-state index is 0.170. The summed E-state index contributed by atoms with van der Waals surface area (Å²) in [4.78, 5) is 4.62. The van der Waals surface area contributed by atoms with E-state index in [9.17, 15) is 8.42 Å². The Hall–Kier alpha value is -1.64. The van der Waals surface area contributed by atoms with E-state index in [-0.39, 0.29) is 10.8 Å². The molecule has 2 aliphatic heterocycles. The number of benzene rings is 1. The molecule has 0 bridgehead atoms. The normalized spacial score (nSPS) is 21.7. The van der Waals surface area contributed by atoms with Crippen LogP contribution >= 0.6 is 11.3 Å². The lowest BCUT2D eigenvalue weighted by atomic mass is 10.0. The van der Waals surface area contributed by atoms with E-state index in [1.165, 1.54) is 0 Å². The first-order valence-corrected chi connectivity index (χ1v) is 10.8. The fourth-order valence-electron chi connectivity index (χ4n) is 3.25. The van der Waals surface area contributed by atoms with Crippen molar-refractivity contribution in [2.24, 2.45) is 0 Å². The molecule has 25 heavy (non-hydrogen) atoms. The van der Waals surface area contributed by atoms with Crippen LogP contribution in [-0.2, 0) is 10.0 Å². The zero-order valence-corrected chi connectivity index (χ0v) is 15.4. The summed E-state index contributed by atoms with van der Waals surface area (Å²) in [5.41, 5.74) is 0. The van der Waals surface area contributed by atoms with Gasteiger partial charge >= 0.3 is 0 Å². The van der Waals surface area contributed by atoms with Gasteiger partial charge in [0.15, 0.2) is 11.5 Å². The highest BCUT2D eigenvalue weighted by molar-refractivity contribution is 7.89. The lowest BCUT2D eigenvalue weighted by Crippen LogP contribution is -2.39. The molecule has 1 aromatic carbocycles. The predicted molar refractivity (Wildman–Crippen MR) is 94.9 cm³/mol. The van der Waals surface area contributed by atoms with Crippen LogP contribution in [-0.4, -0.2) is 44.0 Å². The molecule has 0 amide bonds. The summed E-state index contributed by atoms with van der Waals surface area (Å²) < 4.78 is 39.0. The summed E-state index contributed by atoms with van der Waals surface area (Å²) in [6.45, 7) is 2.13. The molecular formula is C17H20N2O4S2. The topological polar surface area (TPSA) is 68.7 Å². The molecule has 0 aliphatic carbocycles. The average Bonchev–Trinajstić information content (AvgIpc) is 3.07. The monoisotopic (exact) mass is 380 g/mol. The number of hydrogen-bond donors (Lipinski definition) is 0. The van der Waals surface area contributed by atoms with Gasteiger partial charge in [-0.1, -0.05) is 0 Å². The summed E-state index contributed by atoms with van der Waals surface area (Å²) >= 11 is 1.59. The third-order valence-corrected chi connectivity index (χ3v) is 7.34. The molecule has 6 nitrogen and oxygen atoms in total. The molecule has 1 aromatic heterocycles. The molecular weight excluding hydrogens is 360 g/mol. The SMILES string of the molecule is O=S(=O)(c1ccc2c(c1)OCCCO2)N1CCCC(c2nccs2)C1. The first-order chi connectivity index (χ1) is 12.1. The summed E-state index contributed by atoms with van der Waals surface area (Å²) in [5, 5.41) is 2.95. The first kappa shape index (κ1) is 16.8. The highest BCUT2D eigenvalue weighted by Gasteiger charge is 2.32. The molecule has 0 radical (unpaired) electrons. The Morgan fingerprint density at radius 2 is 2.00 bits per heavy atom. The van der Waals surface area contributed by atoms with Crippen LogP contribution in [0.3, 0.4) is 0 Å². The van der Waals surface area contributed by atoms with E-state index in [1.54, 1.807) is 40.0 Å². The quantitative estimate of drug-likeness (QED) is 0.819. The second-order valence-corrected chi connectivity index (χ2v) is 9.10. The summed E-state index contributed by atoms with van der Waals surface area (Å²) in [6.07, 6.45) is 4.38. The molecule has 1 saturated heterocycles. The molecule has 134 valence electrons. The Morgan fingerprint density at radius 3 is 2.80 bits per heavy atom. The molecule has 8 heteroatoms. The van der Waals surface area contributed by atoms with E-state index in [4.69, 9.17) is 9.47 Å². The fraction of sp³-hybridized carbons (Fsp3) is 0.471. The molecule has 4 rings (SSSR count). The predicted octanol–water partition coefficient (Wildman–Crippen LogP) is 2.87. The van der Waals surface area contributed by atoms with E-state index < -0.39 is 10.0 Å². The van der Waals surface area contributed by atoms with Crippen molar-refractivity contribution < 1.29 is 17.9 Å². The smallest absolute Gasteiger partial charge is 0.243 e. The molecule has 2 aromatic rings. The second kappa shape index (κ2) is 6.93. The summed E-state index contributed by atoms with van der Waals surface area (Å²) in [5.74, 6) is 1.28. The number of aromatic nitrogens is 1. The van der Waals surface area contributed by atoms with Gasteiger partial charge in [0.25, 0.3) is 0 Å². The number of rotatable bonds is 3. The Kier molecular flexibility index (Phi) is 4.66. The standard InChI is InChI=1S/C17H20N2O4S2/c20-25(21,14-4-5-15-16(11-14)23-9-2-8-22-15)19-7-1-3-13(12-19)17-18-6-10-24-17/h4-6,10-11,13H,1-3,7-9,12H2. The van der Waals surface area contributed by atoms with Crippen LogP contribution in [0.15, 0.2) is 34.7 Å². The van der Waals surface area contributed by atoms with Gasteiger partial charge in [-0.3, -0.25) is 0 Å². The van der Waals surface area contributed by atoms with Crippen LogP contribution in [0.1, 0.15) is 30.2 Å². The third-order valence-electron chi connectivity index (χ3n) is 4.54. The first-order valence-electron chi connectivity index (χ1n) is 8.44. The van der Waals surface area contributed by atoms with Crippen LogP contribution in [0.4, 0.5) is 0 Å². The zero-order chi connectivity index (χ0) is 17.3. The van der Waals surface area contributed by atoms with Crippen molar-refractivity contribution in [3.63, 3.8) is 0 Å². The maximum absolute atomic E-state index is 13.1. The lowest BCUT2D eigenvalue weighted by Gasteiger charge is -2.31. The van der Waals surface area contributed by atoms with Gasteiger partial charge in [0, 0.05) is 43.1 Å². The number of thiazole rings is 1.